The minimum atomic E-state index is -0.395. The highest BCUT2D eigenvalue weighted by atomic mass is 79.9. The highest BCUT2D eigenvalue weighted by molar-refractivity contribution is 9.10. The predicted molar refractivity (Wildman–Crippen MR) is 95.9 cm³/mol. The molecule has 120 valence electrons. The van der Waals surface area contributed by atoms with Crippen molar-refractivity contribution in [1.29, 1.82) is 0 Å². The third-order valence-electron chi connectivity index (χ3n) is 3.00. The zero-order valence-corrected chi connectivity index (χ0v) is 14.9. The largest absolute Gasteiger partial charge is 0.465 e. The summed E-state index contributed by atoms with van der Waals surface area (Å²) in [6, 6.07) is 14.6. The van der Waals surface area contributed by atoms with Crippen LogP contribution in [-0.4, -0.2) is 24.7 Å². The number of esters is 1. The summed E-state index contributed by atoms with van der Waals surface area (Å²) in [5.74, 6) is 0.252. The first-order valence-electron chi connectivity index (χ1n) is 6.95. The molecule has 0 aliphatic rings. The Labute approximate surface area is 147 Å². The Morgan fingerprint density at radius 2 is 1.74 bits per heavy atom. The van der Waals surface area contributed by atoms with Crippen LogP contribution in [0.3, 0.4) is 0 Å². The molecule has 0 atom stereocenters. The summed E-state index contributed by atoms with van der Waals surface area (Å²) in [5, 5.41) is 2.81. The Balaban J connectivity index is 1.78. The number of methoxy groups -OCH3 is 1. The molecule has 1 N–H and O–H groups in total. The SMILES string of the molecule is COC(=O)c1ccc(NC(=O)CCSc2ccc(Br)cc2)cc1. The van der Waals surface area contributed by atoms with Crippen molar-refractivity contribution in [3.8, 4) is 0 Å². The summed E-state index contributed by atoms with van der Waals surface area (Å²) in [7, 11) is 1.33. The van der Waals surface area contributed by atoms with Crippen molar-refractivity contribution >= 4 is 45.3 Å². The number of carbonyl (C=O) groups is 2. The molecule has 0 aliphatic carbocycles. The van der Waals surface area contributed by atoms with Gasteiger partial charge in [-0.15, -0.1) is 11.8 Å². The summed E-state index contributed by atoms with van der Waals surface area (Å²) in [6.07, 6.45) is 0.416. The van der Waals surface area contributed by atoms with Gasteiger partial charge in [0.1, 0.15) is 0 Å². The zero-order chi connectivity index (χ0) is 16.7. The van der Waals surface area contributed by atoms with Crippen LogP contribution in [0.5, 0.6) is 0 Å². The molecule has 1 amide bonds. The summed E-state index contributed by atoms with van der Waals surface area (Å²) in [6.45, 7) is 0. The normalized spacial score (nSPS) is 10.2. The van der Waals surface area contributed by atoms with Gasteiger partial charge in [-0.2, -0.15) is 0 Å². The second-order valence-electron chi connectivity index (χ2n) is 4.67. The van der Waals surface area contributed by atoms with Gasteiger partial charge < -0.3 is 10.1 Å². The number of anilines is 1. The standard InChI is InChI=1S/C17H16BrNO3S/c1-22-17(21)12-2-6-14(7-3-12)19-16(20)10-11-23-15-8-4-13(18)5-9-15/h2-9H,10-11H2,1H3,(H,19,20). The molecule has 23 heavy (non-hydrogen) atoms. The van der Waals surface area contributed by atoms with E-state index in [1.54, 1.807) is 36.0 Å². The lowest BCUT2D eigenvalue weighted by Crippen LogP contribution is -2.12. The third kappa shape index (κ3) is 5.73. The van der Waals surface area contributed by atoms with Gasteiger partial charge in [-0.3, -0.25) is 4.79 Å². The summed E-state index contributed by atoms with van der Waals surface area (Å²) in [5.41, 5.74) is 1.12. The van der Waals surface area contributed by atoms with E-state index < -0.39 is 5.97 Å². The molecule has 4 nitrogen and oxygen atoms in total. The van der Waals surface area contributed by atoms with Crippen LogP contribution in [0.4, 0.5) is 5.69 Å². The van der Waals surface area contributed by atoms with E-state index in [0.29, 0.717) is 23.4 Å². The summed E-state index contributed by atoms with van der Waals surface area (Å²) < 4.78 is 5.66. The maximum absolute atomic E-state index is 11.9. The number of halogens is 1. The Kier molecular flexibility index (Phi) is 6.67. The van der Waals surface area contributed by atoms with E-state index in [9.17, 15) is 9.59 Å². The van der Waals surface area contributed by atoms with Crippen LogP contribution in [0.1, 0.15) is 16.8 Å². The first-order valence-corrected chi connectivity index (χ1v) is 8.73. The van der Waals surface area contributed by atoms with Crippen LogP contribution in [0.2, 0.25) is 0 Å². The molecule has 0 aliphatic heterocycles. The number of carbonyl (C=O) groups excluding carboxylic acids is 2. The van der Waals surface area contributed by atoms with E-state index in [2.05, 4.69) is 26.0 Å². The van der Waals surface area contributed by atoms with Crippen LogP contribution < -0.4 is 5.32 Å². The van der Waals surface area contributed by atoms with E-state index >= 15 is 0 Å². The van der Waals surface area contributed by atoms with Crippen LogP contribution in [0.25, 0.3) is 0 Å². The van der Waals surface area contributed by atoms with Gasteiger partial charge in [0.2, 0.25) is 5.91 Å². The van der Waals surface area contributed by atoms with Crippen molar-refractivity contribution in [2.75, 3.05) is 18.2 Å². The second kappa shape index (κ2) is 8.74. The van der Waals surface area contributed by atoms with E-state index in [-0.39, 0.29) is 5.91 Å². The van der Waals surface area contributed by atoms with Gasteiger partial charge in [-0.05, 0) is 48.5 Å². The molecule has 0 fully saturated rings. The fourth-order valence-corrected chi connectivity index (χ4v) is 2.94. The zero-order valence-electron chi connectivity index (χ0n) is 12.5. The maximum atomic E-state index is 11.9. The molecule has 0 unspecified atom stereocenters. The van der Waals surface area contributed by atoms with Gasteiger partial charge in [0.15, 0.2) is 0 Å². The molecule has 0 spiro atoms. The lowest BCUT2D eigenvalue weighted by molar-refractivity contribution is -0.115. The van der Waals surface area contributed by atoms with E-state index in [1.165, 1.54) is 7.11 Å². The van der Waals surface area contributed by atoms with Crippen LogP contribution in [-0.2, 0) is 9.53 Å². The van der Waals surface area contributed by atoms with E-state index in [1.807, 2.05) is 24.3 Å². The highest BCUT2D eigenvalue weighted by Crippen LogP contribution is 2.21. The molecule has 0 radical (unpaired) electrons. The lowest BCUT2D eigenvalue weighted by atomic mass is 10.2. The average molecular weight is 394 g/mol. The maximum Gasteiger partial charge on any atom is 0.337 e. The molecule has 0 heterocycles. The minimum absolute atomic E-state index is 0.0552. The van der Waals surface area contributed by atoms with Crippen molar-refractivity contribution in [2.45, 2.75) is 11.3 Å². The minimum Gasteiger partial charge on any atom is -0.465 e. The van der Waals surface area contributed by atoms with Crippen molar-refractivity contribution in [3.63, 3.8) is 0 Å². The van der Waals surface area contributed by atoms with E-state index in [0.717, 1.165) is 9.37 Å². The number of rotatable bonds is 6. The number of thioether (sulfide) groups is 1. The Bertz CT molecular complexity index is 671. The number of benzene rings is 2. The first kappa shape index (κ1) is 17.6. The predicted octanol–water partition coefficient (Wildman–Crippen LogP) is 4.36. The molecule has 6 heteroatoms. The van der Waals surface area contributed by atoms with Gasteiger partial charge in [0.25, 0.3) is 0 Å². The summed E-state index contributed by atoms with van der Waals surface area (Å²) in [4.78, 5) is 24.4. The smallest absolute Gasteiger partial charge is 0.337 e. The Morgan fingerprint density at radius 3 is 2.35 bits per heavy atom. The van der Waals surface area contributed by atoms with Gasteiger partial charge in [-0.1, -0.05) is 15.9 Å². The number of ether oxygens (including phenoxy) is 1. The number of amides is 1. The van der Waals surface area contributed by atoms with Crippen molar-refractivity contribution in [3.05, 3.63) is 58.6 Å². The molecule has 0 bridgehead atoms. The topological polar surface area (TPSA) is 55.4 Å². The lowest BCUT2D eigenvalue weighted by Gasteiger charge is -2.06. The molecule has 2 aromatic carbocycles. The van der Waals surface area contributed by atoms with Crippen molar-refractivity contribution in [1.82, 2.24) is 0 Å². The number of hydrogen-bond acceptors (Lipinski definition) is 4. The first-order chi connectivity index (χ1) is 11.1. The van der Waals surface area contributed by atoms with Crippen LogP contribution in [0, 0.1) is 0 Å². The molecule has 2 rings (SSSR count). The second-order valence-corrected chi connectivity index (χ2v) is 6.75. The summed E-state index contributed by atoms with van der Waals surface area (Å²) >= 11 is 5.02. The van der Waals surface area contributed by atoms with E-state index in [4.69, 9.17) is 0 Å². The number of nitrogens with one attached hydrogen (secondary N) is 1. The van der Waals surface area contributed by atoms with Crippen LogP contribution in [0.15, 0.2) is 57.9 Å². The molecular formula is C17H16BrNO3S. The molecule has 2 aromatic rings. The quantitative estimate of drug-likeness (QED) is 0.585. The molecule has 0 saturated heterocycles. The van der Waals surface area contributed by atoms with Crippen molar-refractivity contribution in [2.24, 2.45) is 0 Å². The third-order valence-corrected chi connectivity index (χ3v) is 4.54. The highest BCUT2D eigenvalue weighted by Gasteiger charge is 2.06. The van der Waals surface area contributed by atoms with Crippen LogP contribution >= 0.6 is 27.7 Å². The number of hydrogen-bond donors (Lipinski definition) is 1. The monoisotopic (exact) mass is 393 g/mol. The van der Waals surface area contributed by atoms with Gasteiger partial charge >= 0.3 is 5.97 Å². The van der Waals surface area contributed by atoms with Crippen molar-refractivity contribution < 1.29 is 14.3 Å². The Morgan fingerprint density at radius 1 is 1.09 bits per heavy atom. The molecular weight excluding hydrogens is 378 g/mol. The fraction of sp³-hybridized carbons (Fsp3) is 0.176. The fourth-order valence-electron chi connectivity index (χ4n) is 1.82. The Hall–Kier alpha value is -1.79. The van der Waals surface area contributed by atoms with Gasteiger partial charge in [-0.25, -0.2) is 4.79 Å². The average Bonchev–Trinajstić information content (AvgIpc) is 2.56. The van der Waals surface area contributed by atoms with Gasteiger partial charge in [0.05, 0.1) is 12.7 Å². The molecule has 0 aromatic heterocycles. The molecule has 0 saturated carbocycles. The van der Waals surface area contributed by atoms with Gasteiger partial charge in [0, 0.05) is 27.2 Å².